The summed E-state index contributed by atoms with van der Waals surface area (Å²) >= 11 is 0. The van der Waals surface area contributed by atoms with Crippen molar-refractivity contribution >= 4 is 5.71 Å². The summed E-state index contributed by atoms with van der Waals surface area (Å²) in [4.78, 5) is 4.77. The molecule has 0 bridgehead atoms. The molecular weight excluding hydrogens is 351 g/mol. The molecule has 2 aromatic rings. The van der Waals surface area contributed by atoms with Gasteiger partial charge in [-0.25, -0.2) is 0 Å². The van der Waals surface area contributed by atoms with Crippen LogP contribution in [-0.4, -0.2) is 24.1 Å². The molecule has 4 nitrogen and oxygen atoms in total. The van der Waals surface area contributed by atoms with Crippen LogP contribution in [0.5, 0.6) is 0 Å². The van der Waals surface area contributed by atoms with Crippen molar-refractivity contribution in [1.29, 1.82) is 0 Å². The maximum Gasteiger partial charge on any atom is 1.00 e. The van der Waals surface area contributed by atoms with Crippen LogP contribution in [0, 0.1) is 0 Å². The number of benzene rings is 2. The van der Waals surface area contributed by atoms with E-state index in [1.165, 1.54) is 22.3 Å². The predicted molar refractivity (Wildman–Crippen MR) is 94.5 cm³/mol. The molecular formula is C21H17KN2O2. The Labute approximate surface area is 195 Å². The molecule has 0 saturated carbocycles. The number of nitrogens with zero attached hydrogens (tertiary/aromatic N) is 2. The molecule has 6 rings (SSSR count). The van der Waals surface area contributed by atoms with Crippen molar-refractivity contribution in [2.45, 2.75) is 37.3 Å². The van der Waals surface area contributed by atoms with Crippen LogP contribution in [0.2, 0.25) is 0 Å². The molecule has 4 atom stereocenters. The summed E-state index contributed by atoms with van der Waals surface area (Å²) < 4.78 is 12.2. The third-order valence-electron chi connectivity index (χ3n) is 5.54. The van der Waals surface area contributed by atoms with Gasteiger partial charge in [-0.05, 0) is 17.2 Å². The monoisotopic (exact) mass is 368 g/mol. The molecule has 1 saturated heterocycles. The van der Waals surface area contributed by atoms with Gasteiger partial charge >= 0.3 is 51.4 Å². The summed E-state index contributed by atoms with van der Waals surface area (Å²) in [6, 6.07) is 17.0. The fraction of sp³-hybridized carbons (Fsp3) is 0.286. The summed E-state index contributed by atoms with van der Waals surface area (Å²) in [5.74, 6) is 0.673. The molecule has 0 aromatic heterocycles. The first-order valence-corrected chi connectivity index (χ1v) is 8.84. The van der Waals surface area contributed by atoms with E-state index in [0.29, 0.717) is 5.88 Å². The van der Waals surface area contributed by atoms with Gasteiger partial charge in [0, 0.05) is 24.3 Å². The zero-order chi connectivity index (χ0) is 16.4. The second kappa shape index (κ2) is 6.58. The molecule has 0 radical (unpaired) electrons. The third-order valence-corrected chi connectivity index (χ3v) is 5.54. The quantitative estimate of drug-likeness (QED) is 0.695. The van der Waals surface area contributed by atoms with E-state index in [9.17, 15) is 0 Å². The fourth-order valence-electron chi connectivity index (χ4n) is 4.42. The largest absolute Gasteiger partial charge is 1.00 e. The van der Waals surface area contributed by atoms with E-state index in [-0.39, 0.29) is 75.9 Å². The Kier molecular flexibility index (Phi) is 4.35. The molecule has 0 spiro atoms. The van der Waals surface area contributed by atoms with Crippen molar-refractivity contribution in [2.24, 2.45) is 4.99 Å². The minimum Gasteiger partial charge on any atom is -0.645 e. The topological polar surface area (TPSA) is 44.9 Å². The van der Waals surface area contributed by atoms with E-state index in [4.69, 9.17) is 19.8 Å². The molecule has 0 N–H and O–H groups in total. The first kappa shape index (κ1) is 17.2. The maximum atomic E-state index is 6.10. The number of aliphatic imine (C=N–C) groups is 1. The maximum absolute atomic E-state index is 6.10. The predicted octanol–water partition coefficient (Wildman–Crippen LogP) is 0.672. The van der Waals surface area contributed by atoms with Crippen LogP contribution in [0.4, 0.5) is 0 Å². The average molecular weight is 368 g/mol. The second-order valence-electron chi connectivity index (χ2n) is 7.03. The SMILES string of the molecule is C(=C1\[N-][C@@H]2c3ccccc3C[C@@H]2O1)/C1N=C2c3ccccc3C[C@@H]2O1.[K+]. The van der Waals surface area contributed by atoms with Gasteiger partial charge in [0.25, 0.3) is 0 Å². The van der Waals surface area contributed by atoms with Crippen molar-refractivity contribution in [2.75, 3.05) is 0 Å². The van der Waals surface area contributed by atoms with Crippen LogP contribution in [0.1, 0.15) is 28.3 Å². The summed E-state index contributed by atoms with van der Waals surface area (Å²) in [5.41, 5.74) is 6.26. The van der Waals surface area contributed by atoms with Crippen LogP contribution in [-0.2, 0) is 22.3 Å². The second-order valence-corrected chi connectivity index (χ2v) is 7.03. The number of fused-ring (bicyclic) bond motifs is 6. The summed E-state index contributed by atoms with van der Waals surface area (Å²) in [5, 5.41) is 4.78. The summed E-state index contributed by atoms with van der Waals surface area (Å²) in [6.07, 6.45) is 3.66. The van der Waals surface area contributed by atoms with E-state index in [0.717, 1.165) is 18.6 Å². The first-order chi connectivity index (χ1) is 12.3. The van der Waals surface area contributed by atoms with E-state index >= 15 is 0 Å². The van der Waals surface area contributed by atoms with Gasteiger partial charge in [-0.3, -0.25) is 4.99 Å². The molecule has 124 valence electrons. The molecule has 1 fully saturated rings. The van der Waals surface area contributed by atoms with Gasteiger partial charge in [-0.15, -0.1) is 0 Å². The van der Waals surface area contributed by atoms with Gasteiger partial charge in [0.05, 0.1) is 11.8 Å². The number of hydrogen-bond acceptors (Lipinski definition) is 3. The van der Waals surface area contributed by atoms with Gasteiger partial charge in [-0.1, -0.05) is 60.1 Å². The van der Waals surface area contributed by atoms with Gasteiger partial charge in [0.1, 0.15) is 6.10 Å². The third kappa shape index (κ3) is 2.65. The number of ether oxygens (including phenoxy) is 2. The van der Waals surface area contributed by atoms with Crippen LogP contribution in [0.15, 0.2) is 65.5 Å². The summed E-state index contributed by atoms with van der Waals surface area (Å²) in [7, 11) is 0. The minimum absolute atomic E-state index is 0. The van der Waals surface area contributed by atoms with Crippen molar-refractivity contribution in [3.63, 3.8) is 0 Å². The van der Waals surface area contributed by atoms with Crippen LogP contribution >= 0.6 is 0 Å². The Bertz CT molecular complexity index is 939. The average Bonchev–Trinajstić information content (AvgIpc) is 3.33. The van der Waals surface area contributed by atoms with E-state index in [1.54, 1.807) is 0 Å². The molecule has 26 heavy (non-hydrogen) atoms. The zero-order valence-electron chi connectivity index (χ0n) is 14.6. The van der Waals surface area contributed by atoms with Gasteiger partial charge in [-0.2, -0.15) is 0 Å². The Morgan fingerprint density at radius 3 is 2.73 bits per heavy atom. The summed E-state index contributed by atoms with van der Waals surface area (Å²) in [6.45, 7) is 0. The van der Waals surface area contributed by atoms with Crippen LogP contribution in [0.3, 0.4) is 0 Å². The number of hydrogen-bond donors (Lipinski definition) is 0. The van der Waals surface area contributed by atoms with E-state index in [2.05, 4.69) is 48.5 Å². The fourth-order valence-corrected chi connectivity index (χ4v) is 4.42. The molecule has 1 unspecified atom stereocenters. The molecule has 5 heteroatoms. The van der Waals surface area contributed by atoms with Gasteiger partial charge in [0.15, 0.2) is 6.23 Å². The van der Waals surface area contributed by atoms with Crippen LogP contribution < -0.4 is 51.4 Å². The minimum atomic E-state index is -0.291. The molecule has 2 heterocycles. The van der Waals surface area contributed by atoms with Crippen LogP contribution in [0.25, 0.3) is 5.32 Å². The van der Waals surface area contributed by atoms with E-state index in [1.807, 2.05) is 6.08 Å². The molecule has 2 aliphatic heterocycles. The van der Waals surface area contributed by atoms with Gasteiger partial charge < -0.3 is 14.8 Å². The normalized spacial score (nSPS) is 31.2. The molecule has 0 amide bonds. The first-order valence-electron chi connectivity index (χ1n) is 8.84. The number of rotatable bonds is 1. The standard InChI is InChI=1S/C21H17N2O2.K/c1-3-7-14-12(5-1)9-16-20(14)22-18(24-16)11-19-23-21-15-8-4-2-6-13(15)10-17(21)25-19;/h1-8,11,16-18,21H,9-10H2;/q-1;+1/b19-11-;/t16-,17-,18?,21+;/m0./s1. The Hall–Kier alpha value is -0.954. The van der Waals surface area contributed by atoms with E-state index < -0.39 is 0 Å². The zero-order valence-corrected chi connectivity index (χ0v) is 17.8. The van der Waals surface area contributed by atoms with Crippen molar-refractivity contribution in [3.8, 4) is 0 Å². The Morgan fingerprint density at radius 2 is 1.81 bits per heavy atom. The molecule has 4 aliphatic rings. The van der Waals surface area contributed by atoms with Crippen molar-refractivity contribution in [1.82, 2.24) is 0 Å². The smallest absolute Gasteiger partial charge is 0.645 e. The Balaban J connectivity index is 0.00000150. The molecule has 2 aromatic carbocycles. The van der Waals surface area contributed by atoms with Crippen molar-refractivity contribution in [3.05, 3.63) is 88.1 Å². The Morgan fingerprint density at radius 1 is 1.00 bits per heavy atom. The van der Waals surface area contributed by atoms with Crippen molar-refractivity contribution < 1.29 is 60.9 Å². The molecule has 2 aliphatic carbocycles. The van der Waals surface area contributed by atoms with Gasteiger partial charge in [0.2, 0.25) is 0 Å².